The predicted molar refractivity (Wildman–Crippen MR) is 79.9 cm³/mol. The van der Waals surface area contributed by atoms with Gasteiger partial charge in [-0.2, -0.15) is 11.3 Å². The Balaban J connectivity index is 2.37. The van der Waals surface area contributed by atoms with Gasteiger partial charge < -0.3 is 10.6 Å². The van der Waals surface area contributed by atoms with Crippen molar-refractivity contribution >= 4 is 45.9 Å². The molecule has 0 unspecified atom stereocenters. The van der Waals surface area contributed by atoms with Crippen molar-refractivity contribution in [2.24, 2.45) is 0 Å². The number of thiophene rings is 1. The molecule has 8 heteroatoms. The minimum Gasteiger partial charge on any atom is -0.381 e. The molecule has 0 aliphatic rings. The summed E-state index contributed by atoms with van der Waals surface area (Å²) in [7, 11) is 1.53. The summed E-state index contributed by atoms with van der Waals surface area (Å²) in [5.41, 5.74) is 0.711. The van der Waals surface area contributed by atoms with E-state index in [4.69, 9.17) is 11.6 Å². The van der Waals surface area contributed by atoms with Crippen molar-refractivity contribution < 1.29 is 9.72 Å². The van der Waals surface area contributed by atoms with Crippen LogP contribution in [0.2, 0.25) is 5.02 Å². The van der Waals surface area contributed by atoms with Crippen molar-refractivity contribution in [1.29, 1.82) is 0 Å². The number of nitro benzene ring substituents is 1. The maximum atomic E-state index is 12.0. The Morgan fingerprint density at radius 1 is 1.45 bits per heavy atom. The number of benzene rings is 1. The van der Waals surface area contributed by atoms with Gasteiger partial charge in [0.2, 0.25) is 0 Å². The minimum absolute atomic E-state index is 0.122. The summed E-state index contributed by atoms with van der Waals surface area (Å²) < 4.78 is 0. The number of amides is 1. The third-order valence-corrected chi connectivity index (χ3v) is 3.54. The van der Waals surface area contributed by atoms with E-state index in [-0.39, 0.29) is 22.0 Å². The highest BCUT2D eigenvalue weighted by Crippen LogP contribution is 2.33. The molecule has 0 aliphatic heterocycles. The van der Waals surface area contributed by atoms with Gasteiger partial charge in [0.15, 0.2) is 0 Å². The van der Waals surface area contributed by atoms with Gasteiger partial charge in [0.1, 0.15) is 5.69 Å². The number of anilines is 2. The zero-order chi connectivity index (χ0) is 14.7. The van der Waals surface area contributed by atoms with Gasteiger partial charge in [-0.3, -0.25) is 14.9 Å². The molecule has 20 heavy (non-hydrogen) atoms. The Hall–Kier alpha value is -2.12. The molecule has 2 N–H and O–H groups in total. The Morgan fingerprint density at radius 3 is 2.75 bits per heavy atom. The fourth-order valence-corrected chi connectivity index (χ4v) is 2.55. The number of nitrogens with zero attached hydrogens (tertiary/aromatic N) is 1. The Labute approximate surface area is 123 Å². The van der Waals surface area contributed by atoms with Gasteiger partial charge in [-0.25, -0.2) is 0 Å². The maximum Gasteiger partial charge on any atom is 0.294 e. The van der Waals surface area contributed by atoms with Crippen LogP contribution in [0.25, 0.3) is 0 Å². The molecule has 1 heterocycles. The summed E-state index contributed by atoms with van der Waals surface area (Å²) in [5, 5.41) is 20.0. The molecule has 2 rings (SSSR count). The molecule has 6 nitrogen and oxygen atoms in total. The number of carbonyl (C=O) groups excluding carboxylic acids is 1. The van der Waals surface area contributed by atoms with Crippen LogP contribution in [-0.2, 0) is 0 Å². The quantitative estimate of drug-likeness (QED) is 0.667. The van der Waals surface area contributed by atoms with E-state index in [0.29, 0.717) is 5.69 Å². The highest BCUT2D eigenvalue weighted by molar-refractivity contribution is 7.08. The molecule has 0 spiro atoms. The van der Waals surface area contributed by atoms with Gasteiger partial charge in [-0.05, 0) is 17.5 Å². The fourth-order valence-electron chi connectivity index (χ4n) is 1.65. The number of nitrogens with one attached hydrogen (secondary N) is 2. The smallest absolute Gasteiger partial charge is 0.294 e. The van der Waals surface area contributed by atoms with Crippen LogP contribution in [0.4, 0.5) is 17.1 Å². The van der Waals surface area contributed by atoms with E-state index in [1.165, 1.54) is 30.5 Å². The lowest BCUT2D eigenvalue weighted by Gasteiger charge is -2.08. The highest BCUT2D eigenvalue weighted by atomic mass is 35.5. The van der Waals surface area contributed by atoms with E-state index >= 15 is 0 Å². The van der Waals surface area contributed by atoms with Crippen molar-refractivity contribution in [2.75, 3.05) is 17.7 Å². The second-order valence-electron chi connectivity index (χ2n) is 3.83. The van der Waals surface area contributed by atoms with Crippen molar-refractivity contribution in [3.05, 3.63) is 49.7 Å². The Bertz CT molecular complexity index is 658. The van der Waals surface area contributed by atoms with E-state index in [2.05, 4.69) is 10.6 Å². The number of hydrogen-bond donors (Lipinski definition) is 2. The van der Waals surface area contributed by atoms with Crippen molar-refractivity contribution in [2.45, 2.75) is 0 Å². The van der Waals surface area contributed by atoms with Crippen molar-refractivity contribution in [3.63, 3.8) is 0 Å². The molecule has 104 valence electrons. The molecule has 2 aromatic rings. The molecular formula is C12H10ClN3O3S. The van der Waals surface area contributed by atoms with E-state index in [9.17, 15) is 14.9 Å². The first kappa shape index (κ1) is 14.3. The zero-order valence-electron chi connectivity index (χ0n) is 10.3. The van der Waals surface area contributed by atoms with Crippen LogP contribution < -0.4 is 10.6 Å². The van der Waals surface area contributed by atoms with Crippen LogP contribution >= 0.6 is 22.9 Å². The largest absolute Gasteiger partial charge is 0.381 e. The predicted octanol–water partition coefficient (Wildman–Crippen LogP) is 3.60. The van der Waals surface area contributed by atoms with Gasteiger partial charge in [0.25, 0.3) is 11.6 Å². The van der Waals surface area contributed by atoms with Gasteiger partial charge in [0.05, 0.1) is 15.6 Å². The number of halogens is 1. The lowest BCUT2D eigenvalue weighted by molar-refractivity contribution is -0.383. The van der Waals surface area contributed by atoms with Crippen LogP contribution in [0.3, 0.4) is 0 Å². The molecule has 1 amide bonds. The zero-order valence-corrected chi connectivity index (χ0v) is 11.9. The molecule has 0 aliphatic carbocycles. The normalized spacial score (nSPS) is 10.1. The summed E-state index contributed by atoms with van der Waals surface area (Å²) in [5.74, 6) is -0.448. The van der Waals surface area contributed by atoms with Crippen LogP contribution in [0.1, 0.15) is 10.4 Å². The molecule has 0 saturated carbocycles. The van der Waals surface area contributed by atoms with E-state index < -0.39 is 10.8 Å². The van der Waals surface area contributed by atoms with E-state index in [1.54, 1.807) is 11.4 Å². The van der Waals surface area contributed by atoms with Gasteiger partial charge in [0, 0.05) is 24.1 Å². The lowest BCUT2D eigenvalue weighted by atomic mass is 10.1. The molecule has 0 atom stereocenters. The SMILES string of the molecule is CNc1c(Cl)cc(C(=O)Nc2ccsc2)cc1[N+](=O)[O-]. The Morgan fingerprint density at radius 2 is 2.20 bits per heavy atom. The fraction of sp³-hybridized carbons (Fsp3) is 0.0833. The molecule has 0 fully saturated rings. The molecule has 1 aromatic heterocycles. The molecule has 0 bridgehead atoms. The van der Waals surface area contributed by atoms with E-state index in [1.807, 2.05) is 5.38 Å². The van der Waals surface area contributed by atoms with Gasteiger partial charge >= 0.3 is 0 Å². The third kappa shape index (κ3) is 2.89. The van der Waals surface area contributed by atoms with E-state index in [0.717, 1.165) is 0 Å². The average Bonchev–Trinajstić information content (AvgIpc) is 2.90. The molecular weight excluding hydrogens is 302 g/mol. The average molecular weight is 312 g/mol. The van der Waals surface area contributed by atoms with Crippen LogP contribution in [0.15, 0.2) is 29.0 Å². The first-order valence-electron chi connectivity index (χ1n) is 5.52. The van der Waals surface area contributed by atoms with Gasteiger partial charge in [-0.1, -0.05) is 11.6 Å². The number of nitro groups is 1. The van der Waals surface area contributed by atoms with Crippen molar-refractivity contribution in [3.8, 4) is 0 Å². The van der Waals surface area contributed by atoms with Crippen LogP contribution in [-0.4, -0.2) is 17.9 Å². The maximum absolute atomic E-state index is 12.0. The third-order valence-electron chi connectivity index (χ3n) is 2.56. The first-order valence-corrected chi connectivity index (χ1v) is 6.84. The lowest BCUT2D eigenvalue weighted by Crippen LogP contribution is -2.12. The van der Waals surface area contributed by atoms with Crippen molar-refractivity contribution in [1.82, 2.24) is 0 Å². The Kier molecular flexibility index (Phi) is 4.21. The second-order valence-corrected chi connectivity index (χ2v) is 5.01. The summed E-state index contributed by atoms with van der Waals surface area (Å²) in [4.78, 5) is 22.4. The summed E-state index contributed by atoms with van der Waals surface area (Å²) >= 11 is 7.39. The van der Waals surface area contributed by atoms with Crippen LogP contribution in [0.5, 0.6) is 0 Å². The standard InChI is InChI=1S/C12H10ClN3O3S/c1-14-11-9(13)4-7(5-10(11)16(18)19)12(17)15-8-2-3-20-6-8/h2-6,14H,1H3,(H,15,17). The molecule has 0 radical (unpaired) electrons. The summed E-state index contributed by atoms with van der Waals surface area (Å²) in [6.07, 6.45) is 0. The number of carbonyl (C=O) groups is 1. The topological polar surface area (TPSA) is 84.3 Å². The monoisotopic (exact) mass is 311 g/mol. The molecule has 0 saturated heterocycles. The van der Waals surface area contributed by atoms with Gasteiger partial charge in [-0.15, -0.1) is 0 Å². The minimum atomic E-state index is -0.584. The summed E-state index contributed by atoms with van der Waals surface area (Å²) in [6.45, 7) is 0. The second kappa shape index (κ2) is 5.89. The highest BCUT2D eigenvalue weighted by Gasteiger charge is 2.20. The molecule has 1 aromatic carbocycles. The number of rotatable bonds is 4. The first-order chi connectivity index (χ1) is 9.52. The summed E-state index contributed by atoms with van der Waals surface area (Å²) in [6, 6.07) is 4.32. The van der Waals surface area contributed by atoms with Crippen LogP contribution in [0, 0.1) is 10.1 Å². The number of hydrogen-bond acceptors (Lipinski definition) is 5.